The first-order valence-corrected chi connectivity index (χ1v) is 6.65. The Morgan fingerprint density at radius 2 is 1.90 bits per heavy atom. The minimum absolute atomic E-state index is 0.244. The van der Waals surface area contributed by atoms with E-state index < -0.39 is 0 Å². The van der Waals surface area contributed by atoms with Crippen LogP contribution in [-0.4, -0.2) is 24.8 Å². The maximum absolute atomic E-state index is 12.9. The summed E-state index contributed by atoms with van der Waals surface area (Å²) in [4.78, 5) is 12.5. The SMILES string of the molecule is CCn1nc(C)c2nnn(Cc3ccc(F)cc3)c(=O)c21. The number of rotatable bonds is 3. The lowest BCUT2D eigenvalue weighted by Gasteiger charge is -2.04. The zero-order valence-corrected chi connectivity index (χ0v) is 11.7. The molecular weight excluding hydrogens is 273 g/mol. The van der Waals surface area contributed by atoms with Gasteiger partial charge in [0.15, 0.2) is 5.52 Å². The van der Waals surface area contributed by atoms with Gasteiger partial charge in [-0.15, -0.1) is 5.10 Å². The number of aromatic nitrogens is 5. The monoisotopic (exact) mass is 287 g/mol. The highest BCUT2D eigenvalue weighted by atomic mass is 19.1. The molecule has 0 aliphatic heterocycles. The second-order valence-electron chi connectivity index (χ2n) is 4.78. The van der Waals surface area contributed by atoms with E-state index in [0.29, 0.717) is 23.3 Å². The number of hydrogen-bond acceptors (Lipinski definition) is 4. The van der Waals surface area contributed by atoms with Gasteiger partial charge in [-0.25, -0.2) is 9.07 Å². The number of halogens is 1. The Balaban J connectivity index is 2.09. The van der Waals surface area contributed by atoms with Gasteiger partial charge in [0.2, 0.25) is 0 Å². The van der Waals surface area contributed by atoms with Gasteiger partial charge in [-0.05, 0) is 31.5 Å². The number of hydrogen-bond donors (Lipinski definition) is 0. The van der Waals surface area contributed by atoms with Gasteiger partial charge in [0.25, 0.3) is 5.56 Å². The van der Waals surface area contributed by atoms with E-state index >= 15 is 0 Å². The van der Waals surface area contributed by atoms with Crippen molar-refractivity contribution in [1.82, 2.24) is 24.8 Å². The van der Waals surface area contributed by atoms with Crippen molar-refractivity contribution in [2.45, 2.75) is 26.9 Å². The Kier molecular flexibility index (Phi) is 3.25. The Hall–Kier alpha value is -2.57. The fourth-order valence-electron chi connectivity index (χ4n) is 2.26. The summed E-state index contributed by atoms with van der Waals surface area (Å²) in [5, 5.41) is 12.3. The molecule has 0 unspecified atom stereocenters. The highest BCUT2D eigenvalue weighted by Crippen LogP contribution is 2.11. The highest BCUT2D eigenvalue weighted by molar-refractivity contribution is 5.75. The molecule has 3 aromatic rings. The molecule has 6 nitrogen and oxygen atoms in total. The van der Waals surface area contributed by atoms with Crippen LogP contribution >= 0.6 is 0 Å². The molecule has 0 bridgehead atoms. The van der Waals surface area contributed by atoms with E-state index in [-0.39, 0.29) is 17.9 Å². The molecule has 0 aliphatic rings. The van der Waals surface area contributed by atoms with Crippen LogP contribution in [0.2, 0.25) is 0 Å². The zero-order chi connectivity index (χ0) is 15.0. The molecule has 0 saturated heterocycles. The predicted octanol–water partition coefficient (Wildman–Crippen LogP) is 1.50. The first-order valence-electron chi connectivity index (χ1n) is 6.65. The molecular formula is C14H14FN5O. The van der Waals surface area contributed by atoms with Crippen molar-refractivity contribution < 1.29 is 4.39 Å². The molecule has 0 atom stereocenters. The summed E-state index contributed by atoms with van der Waals surface area (Å²) in [5.74, 6) is -0.313. The van der Waals surface area contributed by atoms with Gasteiger partial charge in [-0.1, -0.05) is 17.3 Å². The minimum Gasteiger partial charge on any atom is -0.265 e. The van der Waals surface area contributed by atoms with E-state index in [2.05, 4.69) is 15.4 Å². The highest BCUT2D eigenvalue weighted by Gasteiger charge is 2.14. The van der Waals surface area contributed by atoms with Crippen molar-refractivity contribution in [3.05, 3.63) is 51.7 Å². The van der Waals surface area contributed by atoms with Crippen LogP contribution < -0.4 is 5.56 Å². The van der Waals surface area contributed by atoms with Crippen LogP contribution in [0.4, 0.5) is 4.39 Å². The molecule has 108 valence electrons. The van der Waals surface area contributed by atoms with Gasteiger partial charge in [0.1, 0.15) is 11.3 Å². The molecule has 1 aromatic carbocycles. The standard InChI is InChI=1S/C14H14FN5O/c1-3-19-13-12(9(2)17-19)16-18-20(14(13)21)8-10-4-6-11(15)7-5-10/h4-7H,3,8H2,1-2H3. The summed E-state index contributed by atoms with van der Waals surface area (Å²) in [6, 6.07) is 5.95. The van der Waals surface area contributed by atoms with Crippen LogP contribution in [0.15, 0.2) is 29.1 Å². The minimum atomic E-state index is -0.313. The van der Waals surface area contributed by atoms with Crippen molar-refractivity contribution in [3.63, 3.8) is 0 Å². The van der Waals surface area contributed by atoms with Gasteiger partial charge >= 0.3 is 0 Å². The summed E-state index contributed by atoms with van der Waals surface area (Å²) in [6.45, 7) is 4.54. The third-order valence-corrected chi connectivity index (χ3v) is 3.33. The first-order chi connectivity index (χ1) is 10.1. The molecule has 0 spiro atoms. The Bertz CT molecular complexity index is 850. The van der Waals surface area contributed by atoms with Gasteiger partial charge in [0, 0.05) is 6.54 Å². The lowest BCUT2D eigenvalue weighted by molar-refractivity contribution is 0.588. The molecule has 0 aliphatic carbocycles. The van der Waals surface area contributed by atoms with E-state index in [1.165, 1.54) is 16.8 Å². The van der Waals surface area contributed by atoms with E-state index in [1.54, 1.807) is 23.7 Å². The number of fused-ring (bicyclic) bond motifs is 1. The molecule has 0 N–H and O–H groups in total. The molecule has 21 heavy (non-hydrogen) atoms. The van der Waals surface area contributed by atoms with Gasteiger partial charge in [-0.3, -0.25) is 9.48 Å². The summed E-state index contributed by atoms with van der Waals surface area (Å²) in [7, 11) is 0. The number of aryl methyl sites for hydroxylation is 2. The van der Waals surface area contributed by atoms with Crippen molar-refractivity contribution in [2.24, 2.45) is 0 Å². The molecule has 0 fully saturated rings. The lowest BCUT2D eigenvalue weighted by atomic mass is 10.2. The fraction of sp³-hybridized carbons (Fsp3) is 0.286. The van der Waals surface area contributed by atoms with Crippen molar-refractivity contribution in [1.29, 1.82) is 0 Å². The summed E-state index contributed by atoms with van der Waals surface area (Å²) >= 11 is 0. The topological polar surface area (TPSA) is 65.6 Å². The summed E-state index contributed by atoms with van der Waals surface area (Å²) in [6.07, 6.45) is 0. The van der Waals surface area contributed by atoms with Crippen LogP contribution in [-0.2, 0) is 13.1 Å². The largest absolute Gasteiger partial charge is 0.296 e. The lowest BCUT2D eigenvalue weighted by Crippen LogP contribution is -2.26. The molecule has 3 rings (SSSR count). The van der Waals surface area contributed by atoms with Crippen molar-refractivity contribution >= 4 is 11.0 Å². The van der Waals surface area contributed by atoms with Gasteiger partial charge in [0.05, 0.1) is 12.2 Å². The van der Waals surface area contributed by atoms with E-state index in [9.17, 15) is 9.18 Å². The van der Waals surface area contributed by atoms with Crippen LogP contribution in [0, 0.1) is 12.7 Å². The average Bonchev–Trinajstić information content (AvgIpc) is 2.81. The normalized spacial score (nSPS) is 11.2. The van der Waals surface area contributed by atoms with Gasteiger partial charge in [-0.2, -0.15) is 5.10 Å². The van der Waals surface area contributed by atoms with Crippen molar-refractivity contribution in [3.8, 4) is 0 Å². The fourth-order valence-corrected chi connectivity index (χ4v) is 2.26. The molecule has 2 heterocycles. The van der Waals surface area contributed by atoms with Crippen molar-refractivity contribution in [2.75, 3.05) is 0 Å². The summed E-state index contributed by atoms with van der Waals surface area (Å²) in [5.41, 5.74) is 2.20. The van der Waals surface area contributed by atoms with E-state index in [1.807, 2.05) is 6.92 Å². The quantitative estimate of drug-likeness (QED) is 0.732. The van der Waals surface area contributed by atoms with Crippen LogP contribution in [0.25, 0.3) is 11.0 Å². The molecule has 0 amide bonds. The number of benzene rings is 1. The van der Waals surface area contributed by atoms with Crippen LogP contribution in [0.3, 0.4) is 0 Å². The van der Waals surface area contributed by atoms with E-state index in [4.69, 9.17) is 0 Å². The zero-order valence-electron chi connectivity index (χ0n) is 11.7. The maximum Gasteiger partial charge on any atom is 0.296 e. The third kappa shape index (κ3) is 2.31. The van der Waals surface area contributed by atoms with E-state index in [0.717, 1.165) is 5.56 Å². The second-order valence-corrected chi connectivity index (χ2v) is 4.78. The summed E-state index contributed by atoms with van der Waals surface area (Å²) < 4.78 is 15.8. The molecule has 0 radical (unpaired) electrons. The smallest absolute Gasteiger partial charge is 0.265 e. The molecule has 0 saturated carbocycles. The number of nitrogens with zero attached hydrogens (tertiary/aromatic N) is 5. The average molecular weight is 287 g/mol. The molecule has 7 heteroatoms. The maximum atomic E-state index is 12.9. The first kappa shape index (κ1) is 13.4. The van der Waals surface area contributed by atoms with Gasteiger partial charge < -0.3 is 0 Å². The van der Waals surface area contributed by atoms with Crippen LogP contribution in [0.1, 0.15) is 18.2 Å². The predicted molar refractivity (Wildman–Crippen MR) is 75.5 cm³/mol. The Morgan fingerprint density at radius 3 is 2.57 bits per heavy atom. The second kappa shape index (κ2) is 5.08. The Morgan fingerprint density at radius 1 is 1.19 bits per heavy atom. The Labute approximate surface area is 119 Å². The van der Waals surface area contributed by atoms with Crippen LogP contribution in [0.5, 0.6) is 0 Å². The molecule has 2 aromatic heterocycles. The third-order valence-electron chi connectivity index (χ3n) is 3.33.